The molecule has 6 nitrogen and oxygen atoms in total. The van der Waals surface area contributed by atoms with Gasteiger partial charge in [-0.05, 0) is 50.2 Å². The monoisotopic (exact) mass is 432 g/mol. The number of aryl methyl sites for hydroxylation is 1. The lowest BCUT2D eigenvalue weighted by molar-refractivity contribution is -0.123. The third kappa shape index (κ3) is 4.62. The van der Waals surface area contributed by atoms with Crippen LogP contribution in [0.25, 0.3) is 22.0 Å². The van der Waals surface area contributed by atoms with Gasteiger partial charge in [-0.15, -0.1) is 0 Å². The molecule has 1 saturated heterocycles. The molecule has 2 fully saturated rings. The van der Waals surface area contributed by atoms with Gasteiger partial charge in [0, 0.05) is 74.3 Å². The predicted octanol–water partition coefficient (Wildman–Crippen LogP) is 4.12. The van der Waals surface area contributed by atoms with Crippen LogP contribution in [0.2, 0.25) is 0 Å². The number of carbonyl (C=O) groups excluding carboxylic acids is 1. The summed E-state index contributed by atoms with van der Waals surface area (Å²) in [4.78, 5) is 27.1. The molecule has 0 bridgehead atoms. The van der Waals surface area contributed by atoms with Crippen molar-refractivity contribution in [1.29, 1.82) is 0 Å². The van der Waals surface area contributed by atoms with Crippen LogP contribution in [0.4, 0.5) is 0 Å². The third-order valence-corrected chi connectivity index (χ3v) is 7.25. The number of hydrogen-bond acceptors (Lipinski definition) is 6. The number of fused-ring (bicyclic) bond motifs is 1. The van der Waals surface area contributed by atoms with Crippen LogP contribution in [0.15, 0.2) is 41.1 Å². The van der Waals surface area contributed by atoms with E-state index in [1.54, 1.807) is 6.26 Å². The second kappa shape index (κ2) is 9.12. The Kier molecular flexibility index (Phi) is 6.07. The van der Waals surface area contributed by atoms with E-state index >= 15 is 0 Å². The summed E-state index contributed by atoms with van der Waals surface area (Å²) in [7, 11) is 2.20. The van der Waals surface area contributed by atoms with Crippen LogP contribution in [0, 0.1) is 12.8 Å². The van der Waals surface area contributed by atoms with Crippen molar-refractivity contribution in [2.75, 3.05) is 33.2 Å². The van der Waals surface area contributed by atoms with Crippen LogP contribution >= 0.6 is 0 Å². The van der Waals surface area contributed by atoms with E-state index in [2.05, 4.69) is 38.9 Å². The number of aromatic nitrogens is 2. The molecule has 32 heavy (non-hydrogen) atoms. The van der Waals surface area contributed by atoms with Crippen LogP contribution in [0.3, 0.4) is 0 Å². The van der Waals surface area contributed by atoms with Crippen molar-refractivity contribution in [2.24, 2.45) is 5.92 Å². The second-order valence-corrected chi connectivity index (χ2v) is 9.48. The summed E-state index contributed by atoms with van der Waals surface area (Å²) in [6.45, 7) is 6.49. The molecule has 0 spiro atoms. The molecule has 1 aromatic carbocycles. The summed E-state index contributed by atoms with van der Waals surface area (Å²) in [5.74, 6) is 1.18. The zero-order valence-corrected chi connectivity index (χ0v) is 19.1. The Balaban J connectivity index is 1.22. The normalized spacial score (nSPS) is 22.9. The SMILES string of the molecule is Cc1nc(-c2ccc3cnc(CC(=O)C4CCC(N5CCN(C)CC5)CC4)cc3c2)co1. The number of pyridine rings is 1. The molecule has 168 valence electrons. The minimum atomic E-state index is 0.181. The smallest absolute Gasteiger partial charge is 0.191 e. The zero-order valence-electron chi connectivity index (χ0n) is 19.1. The van der Waals surface area contributed by atoms with E-state index in [0.717, 1.165) is 79.6 Å². The first-order chi connectivity index (χ1) is 15.5. The highest BCUT2D eigenvalue weighted by atomic mass is 16.3. The van der Waals surface area contributed by atoms with Crippen molar-refractivity contribution in [2.45, 2.75) is 45.1 Å². The van der Waals surface area contributed by atoms with Gasteiger partial charge in [0.1, 0.15) is 17.7 Å². The largest absolute Gasteiger partial charge is 0.449 e. The van der Waals surface area contributed by atoms with Gasteiger partial charge in [0.25, 0.3) is 0 Å². The molecule has 6 heteroatoms. The van der Waals surface area contributed by atoms with Gasteiger partial charge in [-0.2, -0.15) is 0 Å². The number of oxazole rings is 1. The topological polar surface area (TPSA) is 62.5 Å². The van der Waals surface area contributed by atoms with E-state index in [0.29, 0.717) is 24.1 Å². The van der Waals surface area contributed by atoms with Crippen molar-refractivity contribution >= 4 is 16.6 Å². The summed E-state index contributed by atoms with van der Waals surface area (Å²) in [6.07, 6.45) is 8.30. The maximum absolute atomic E-state index is 13.0. The highest BCUT2D eigenvalue weighted by molar-refractivity contribution is 5.88. The second-order valence-electron chi connectivity index (χ2n) is 9.48. The Morgan fingerprint density at radius 3 is 2.56 bits per heavy atom. The Morgan fingerprint density at radius 1 is 1.06 bits per heavy atom. The number of likely N-dealkylation sites (N-methyl/N-ethyl adjacent to an activating group) is 1. The first kappa shape index (κ1) is 21.3. The fraction of sp³-hybridized carbons (Fsp3) is 0.500. The van der Waals surface area contributed by atoms with Crippen molar-refractivity contribution in [3.8, 4) is 11.3 Å². The average Bonchev–Trinajstić information content (AvgIpc) is 3.25. The third-order valence-electron chi connectivity index (χ3n) is 7.25. The van der Waals surface area contributed by atoms with Gasteiger partial charge in [0.05, 0.1) is 0 Å². The predicted molar refractivity (Wildman–Crippen MR) is 126 cm³/mol. The lowest BCUT2D eigenvalue weighted by Gasteiger charge is -2.40. The summed E-state index contributed by atoms with van der Waals surface area (Å²) >= 11 is 0. The van der Waals surface area contributed by atoms with Gasteiger partial charge in [0.15, 0.2) is 5.89 Å². The number of nitrogens with zero attached hydrogens (tertiary/aromatic N) is 4. The van der Waals surface area contributed by atoms with E-state index in [-0.39, 0.29) is 5.92 Å². The molecule has 3 heterocycles. The molecule has 2 aromatic heterocycles. The summed E-state index contributed by atoms with van der Waals surface area (Å²) in [5.41, 5.74) is 2.70. The highest BCUT2D eigenvalue weighted by Gasteiger charge is 2.30. The van der Waals surface area contributed by atoms with Gasteiger partial charge in [-0.25, -0.2) is 4.98 Å². The van der Waals surface area contributed by atoms with Crippen molar-refractivity contribution in [3.63, 3.8) is 0 Å². The summed E-state index contributed by atoms with van der Waals surface area (Å²) in [6, 6.07) is 8.89. The van der Waals surface area contributed by atoms with E-state index in [1.165, 1.54) is 0 Å². The quantitative estimate of drug-likeness (QED) is 0.605. The fourth-order valence-electron chi connectivity index (χ4n) is 5.21. The number of benzene rings is 1. The van der Waals surface area contributed by atoms with Crippen LogP contribution in [-0.2, 0) is 11.2 Å². The number of carbonyl (C=O) groups is 1. The Bertz CT molecular complexity index is 1090. The number of Topliss-reactive ketones (excluding diaryl/α,β-unsaturated/α-hetero) is 1. The van der Waals surface area contributed by atoms with Crippen LogP contribution < -0.4 is 0 Å². The maximum atomic E-state index is 13.0. The number of ketones is 1. The minimum absolute atomic E-state index is 0.181. The zero-order chi connectivity index (χ0) is 22.1. The maximum Gasteiger partial charge on any atom is 0.191 e. The van der Waals surface area contributed by atoms with Gasteiger partial charge < -0.3 is 9.32 Å². The summed E-state index contributed by atoms with van der Waals surface area (Å²) in [5, 5.41) is 2.15. The minimum Gasteiger partial charge on any atom is -0.449 e. The van der Waals surface area contributed by atoms with Crippen molar-refractivity contribution in [1.82, 2.24) is 19.8 Å². The first-order valence-electron chi connectivity index (χ1n) is 11.8. The average molecular weight is 433 g/mol. The van der Waals surface area contributed by atoms with E-state index in [1.807, 2.05) is 25.3 Å². The standard InChI is InChI=1S/C26H32N4O2/c1-18-28-25(17-32-18)20-3-4-21-16-27-23(14-22(21)13-20)15-26(31)19-5-7-24(8-6-19)30-11-9-29(2)10-12-30/h3-4,13-14,16-17,19,24H,5-12,15H2,1-2H3. The summed E-state index contributed by atoms with van der Waals surface area (Å²) < 4.78 is 5.35. The number of hydrogen-bond donors (Lipinski definition) is 0. The molecular weight excluding hydrogens is 400 g/mol. The van der Waals surface area contributed by atoms with Crippen LogP contribution in [0.1, 0.15) is 37.3 Å². The van der Waals surface area contributed by atoms with E-state index < -0.39 is 0 Å². The molecule has 0 atom stereocenters. The number of piperazine rings is 1. The lowest BCUT2D eigenvalue weighted by Crippen LogP contribution is -2.50. The molecule has 1 aliphatic heterocycles. The van der Waals surface area contributed by atoms with Crippen molar-refractivity contribution < 1.29 is 9.21 Å². The highest BCUT2D eigenvalue weighted by Crippen LogP contribution is 2.30. The van der Waals surface area contributed by atoms with Gasteiger partial charge in [-0.3, -0.25) is 14.7 Å². The lowest BCUT2D eigenvalue weighted by atomic mass is 9.81. The van der Waals surface area contributed by atoms with Crippen molar-refractivity contribution in [3.05, 3.63) is 48.3 Å². The Hall–Kier alpha value is -2.57. The number of rotatable bonds is 5. The Labute approximate surface area is 189 Å². The molecule has 0 amide bonds. The molecule has 1 saturated carbocycles. The Morgan fingerprint density at radius 2 is 1.84 bits per heavy atom. The molecule has 5 rings (SSSR count). The fourth-order valence-corrected chi connectivity index (χ4v) is 5.21. The van der Waals surface area contributed by atoms with Crippen LogP contribution in [0.5, 0.6) is 0 Å². The molecule has 2 aliphatic rings. The van der Waals surface area contributed by atoms with Gasteiger partial charge >= 0.3 is 0 Å². The molecular formula is C26H32N4O2. The first-order valence-corrected chi connectivity index (χ1v) is 11.8. The van der Waals surface area contributed by atoms with E-state index in [9.17, 15) is 4.79 Å². The van der Waals surface area contributed by atoms with Gasteiger partial charge in [0.2, 0.25) is 0 Å². The molecule has 3 aromatic rings. The molecule has 0 radical (unpaired) electrons. The molecule has 0 unspecified atom stereocenters. The van der Waals surface area contributed by atoms with E-state index in [4.69, 9.17) is 4.42 Å². The van der Waals surface area contributed by atoms with Crippen LogP contribution in [-0.4, -0.2) is 64.8 Å². The van der Waals surface area contributed by atoms with Gasteiger partial charge in [-0.1, -0.05) is 12.1 Å². The molecule has 1 aliphatic carbocycles. The molecule has 0 N–H and O–H groups in total.